The lowest BCUT2D eigenvalue weighted by atomic mass is 10.1. The Morgan fingerprint density at radius 2 is 2.06 bits per heavy atom. The highest BCUT2D eigenvalue weighted by Gasteiger charge is 2.30. The maximum Gasteiger partial charge on any atom is 0.416 e. The molecule has 0 bridgehead atoms. The summed E-state index contributed by atoms with van der Waals surface area (Å²) < 4.78 is 36.9. The zero-order valence-corrected chi connectivity index (χ0v) is 8.01. The molecule has 0 amide bonds. The molecule has 1 aromatic carbocycles. The van der Waals surface area contributed by atoms with Gasteiger partial charge in [0, 0.05) is 0 Å². The van der Waals surface area contributed by atoms with Crippen molar-refractivity contribution in [1.82, 2.24) is 0 Å². The van der Waals surface area contributed by atoms with E-state index in [0.29, 0.717) is 6.29 Å². The van der Waals surface area contributed by atoms with E-state index < -0.39 is 11.7 Å². The molecule has 1 rings (SSSR count). The quantitative estimate of drug-likeness (QED) is 0.591. The molecule has 1 N–H and O–H groups in total. The second-order valence-corrected chi connectivity index (χ2v) is 2.90. The van der Waals surface area contributed by atoms with E-state index in [9.17, 15) is 23.1 Å². The minimum Gasteiger partial charge on any atom is -0.507 e. The molecule has 0 saturated carbocycles. The van der Waals surface area contributed by atoms with Gasteiger partial charge in [-0.15, -0.1) is 0 Å². The number of phenols is 1. The third-order valence-corrected chi connectivity index (χ3v) is 1.73. The summed E-state index contributed by atoms with van der Waals surface area (Å²) in [6.45, 7) is 0. The lowest BCUT2D eigenvalue weighted by molar-refractivity contribution is -0.137. The molecule has 5 heteroatoms. The number of alkyl halides is 3. The van der Waals surface area contributed by atoms with Gasteiger partial charge in [-0.1, -0.05) is 11.8 Å². The first kappa shape index (κ1) is 12.1. The molecular weight excluding hydrogens is 221 g/mol. The molecule has 0 radical (unpaired) electrons. The van der Waals surface area contributed by atoms with Crippen LogP contribution in [0.3, 0.4) is 0 Å². The average Bonchev–Trinajstić information content (AvgIpc) is 2.19. The van der Waals surface area contributed by atoms with E-state index in [2.05, 4.69) is 11.8 Å². The van der Waals surface area contributed by atoms with Gasteiger partial charge in [-0.05, 0) is 18.2 Å². The zero-order valence-electron chi connectivity index (χ0n) is 8.01. The lowest BCUT2D eigenvalue weighted by Crippen LogP contribution is -2.04. The highest BCUT2D eigenvalue weighted by molar-refractivity contribution is 5.56. The van der Waals surface area contributed by atoms with Crippen LogP contribution in [0.4, 0.5) is 13.2 Å². The number of rotatable bonds is 1. The molecule has 0 heterocycles. The number of benzene rings is 1. The van der Waals surface area contributed by atoms with Gasteiger partial charge in [0.2, 0.25) is 0 Å². The second kappa shape index (κ2) is 4.71. The summed E-state index contributed by atoms with van der Waals surface area (Å²) >= 11 is 0. The molecule has 16 heavy (non-hydrogen) atoms. The molecule has 0 aliphatic heterocycles. The van der Waals surface area contributed by atoms with Crippen molar-refractivity contribution in [3.05, 3.63) is 29.3 Å². The number of aldehydes is 1. The first-order chi connectivity index (χ1) is 7.45. The maximum atomic E-state index is 12.3. The fourth-order valence-corrected chi connectivity index (χ4v) is 1.00. The third kappa shape index (κ3) is 3.02. The number of aromatic hydroxyl groups is 1. The zero-order chi connectivity index (χ0) is 12.2. The fraction of sp³-hybridized carbons (Fsp3) is 0.182. The van der Waals surface area contributed by atoms with Crippen LogP contribution in [0.15, 0.2) is 18.2 Å². The van der Waals surface area contributed by atoms with Crippen molar-refractivity contribution in [3.8, 4) is 17.6 Å². The van der Waals surface area contributed by atoms with Crippen molar-refractivity contribution >= 4 is 6.29 Å². The molecule has 0 fully saturated rings. The normalized spacial score (nSPS) is 10.4. The van der Waals surface area contributed by atoms with Gasteiger partial charge >= 0.3 is 6.18 Å². The maximum absolute atomic E-state index is 12.3. The Labute approximate surface area is 89.7 Å². The van der Waals surface area contributed by atoms with Gasteiger partial charge < -0.3 is 9.90 Å². The lowest BCUT2D eigenvalue weighted by Gasteiger charge is -2.07. The number of carbonyl (C=O) groups excluding carboxylic acids is 1. The van der Waals surface area contributed by atoms with E-state index in [1.807, 2.05) is 0 Å². The standard InChI is InChI=1S/C11H7F3O2/c12-11(13,14)9-4-5-10(16)8(7-9)3-1-2-6-15/h4-7,16H,2H2. The Morgan fingerprint density at radius 3 is 2.62 bits per heavy atom. The highest BCUT2D eigenvalue weighted by atomic mass is 19.4. The summed E-state index contributed by atoms with van der Waals surface area (Å²) in [7, 11) is 0. The number of phenolic OH excluding ortho intramolecular Hbond substituents is 1. The summed E-state index contributed by atoms with van der Waals surface area (Å²) in [6, 6.07) is 2.43. The van der Waals surface area contributed by atoms with Crippen LogP contribution in [0, 0.1) is 11.8 Å². The van der Waals surface area contributed by atoms with Crippen molar-refractivity contribution < 1.29 is 23.1 Å². The first-order valence-electron chi connectivity index (χ1n) is 4.28. The van der Waals surface area contributed by atoms with E-state index in [1.54, 1.807) is 0 Å². The van der Waals surface area contributed by atoms with Crippen molar-refractivity contribution in [1.29, 1.82) is 0 Å². The molecule has 2 nitrogen and oxygen atoms in total. The Bertz CT molecular complexity index is 453. The molecule has 0 unspecified atom stereocenters. The van der Waals surface area contributed by atoms with Crippen LogP contribution >= 0.6 is 0 Å². The Balaban J connectivity index is 3.10. The van der Waals surface area contributed by atoms with Gasteiger partial charge in [-0.25, -0.2) is 0 Å². The van der Waals surface area contributed by atoms with Crippen LogP contribution in [0.25, 0.3) is 0 Å². The predicted octanol–water partition coefficient (Wildman–Crippen LogP) is 2.35. The van der Waals surface area contributed by atoms with E-state index in [4.69, 9.17) is 0 Å². The van der Waals surface area contributed by atoms with Gasteiger partial charge in [0.25, 0.3) is 0 Å². The number of hydrogen-bond acceptors (Lipinski definition) is 2. The van der Waals surface area contributed by atoms with Crippen molar-refractivity contribution in [2.75, 3.05) is 0 Å². The van der Waals surface area contributed by atoms with Crippen molar-refractivity contribution in [2.24, 2.45) is 0 Å². The van der Waals surface area contributed by atoms with Crippen LogP contribution in [0.1, 0.15) is 17.5 Å². The topological polar surface area (TPSA) is 37.3 Å². The summed E-state index contributed by atoms with van der Waals surface area (Å²) in [4.78, 5) is 9.96. The molecular formula is C11H7F3O2. The van der Waals surface area contributed by atoms with Gasteiger partial charge in [0.15, 0.2) is 0 Å². The molecule has 0 aliphatic rings. The second-order valence-electron chi connectivity index (χ2n) is 2.90. The minimum atomic E-state index is -4.48. The average molecular weight is 228 g/mol. The van der Waals surface area contributed by atoms with Crippen molar-refractivity contribution in [2.45, 2.75) is 12.6 Å². The van der Waals surface area contributed by atoms with Gasteiger partial charge in [-0.2, -0.15) is 13.2 Å². The molecule has 84 valence electrons. The van der Waals surface area contributed by atoms with Crippen LogP contribution in [-0.4, -0.2) is 11.4 Å². The van der Waals surface area contributed by atoms with Gasteiger partial charge in [0.1, 0.15) is 12.0 Å². The smallest absolute Gasteiger partial charge is 0.416 e. The van der Waals surface area contributed by atoms with Crippen LogP contribution < -0.4 is 0 Å². The Morgan fingerprint density at radius 1 is 1.38 bits per heavy atom. The Hall–Kier alpha value is -1.96. The molecule has 0 saturated heterocycles. The minimum absolute atomic E-state index is 0.0876. The summed E-state index contributed by atoms with van der Waals surface area (Å²) in [6.07, 6.45) is -4.04. The molecule has 1 aromatic rings. The fourth-order valence-electron chi connectivity index (χ4n) is 1.00. The summed E-state index contributed by atoms with van der Waals surface area (Å²) in [5.41, 5.74) is -1.03. The van der Waals surface area contributed by atoms with Gasteiger partial charge in [-0.3, -0.25) is 0 Å². The number of halogens is 3. The summed E-state index contributed by atoms with van der Waals surface area (Å²) in [5, 5.41) is 9.24. The van der Waals surface area contributed by atoms with Crippen molar-refractivity contribution in [3.63, 3.8) is 0 Å². The predicted molar refractivity (Wildman–Crippen MR) is 50.7 cm³/mol. The van der Waals surface area contributed by atoms with Crippen LogP contribution in [0.2, 0.25) is 0 Å². The largest absolute Gasteiger partial charge is 0.507 e. The monoisotopic (exact) mass is 228 g/mol. The third-order valence-electron chi connectivity index (χ3n) is 1.73. The van der Waals surface area contributed by atoms with E-state index >= 15 is 0 Å². The number of carbonyl (C=O) groups is 1. The number of hydrogen-bond donors (Lipinski definition) is 1. The van der Waals surface area contributed by atoms with E-state index in [1.165, 1.54) is 0 Å². The Kier molecular flexibility index (Phi) is 3.56. The summed E-state index contributed by atoms with van der Waals surface area (Å²) in [5.74, 6) is 4.28. The molecule has 0 atom stereocenters. The molecule has 0 aliphatic carbocycles. The highest BCUT2D eigenvalue weighted by Crippen LogP contribution is 2.31. The SMILES string of the molecule is O=CCC#Cc1cc(C(F)(F)F)ccc1O. The van der Waals surface area contributed by atoms with Crippen LogP contribution in [0.5, 0.6) is 5.75 Å². The molecule has 0 aromatic heterocycles. The van der Waals surface area contributed by atoms with Crippen LogP contribution in [-0.2, 0) is 11.0 Å². The van der Waals surface area contributed by atoms with E-state index in [-0.39, 0.29) is 17.7 Å². The van der Waals surface area contributed by atoms with Gasteiger partial charge in [0.05, 0.1) is 17.5 Å². The van der Waals surface area contributed by atoms with E-state index in [0.717, 1.165) is 18.2 Å². The molecule has 0 spiro atoms. The first-order valence-corrected chi connectivity index (χ1v) is 4.28.